The highest BCUT2D eigenvalue weighted by Gasteiger charge is 2.33. The molecule has 0 spiro atoms. The summed E-state index contributed by atoms with van der Waals surface area (Å²) in [5, 5.41) is 8.81. The molecule has 0 unspecified atom stereocenters. The van der Waals surface area contributed by atoms with Crippen molar-refractivity contribution in [2.45, 2.75) is 6.42 Å². The molecule has 2 rings (SSSR count). The Labute approximate surface area is 100 Å². The van der Waals surface area contributed by atoms with Crippen molar-refractivity contribution in [3.63, 3.8) is 0 Å². The Bertz CT molecular complexity index is 584. The number of carboxylic acids is 1. The number of carboxylic acid groups (broad SMARTS) is 1. The van der Waals surface area contributed by atoms with Gasteiger partial charge in [0.1, 0.15) is 5.82 Å². The van der Waals surface area contributed by atoms with Gasteiger partial charge in [-0.1, -0.05) is 0 Å². The van der Waals surface area contributed by atoms with E-state index in [-0.39, 0.29) is 23.5 Å². The van der Waals surface area contributed by atoms with Crippen LogP contribution in [-0.4, -0.2) is 17.0 Å². The summed E-state index contributed by atoms with van der Waals surface area (Å²) in [6, 6.07) is 2.77. The van der Waals surface area contributed by atoms with Crippen LogP contribution in [0.25, 0.3) is 0 Å². The average molecular weight is 254 g/mol. The lowest BCUT2D eigenvalue weighted by Crippen LogP contribution is -2.29. The fourth-order valence-corrected chi connectivity index (χ4v) is 1.68. The summed E-state index contributed by atoms with van der Waals surface area (Å²) in [7, 11) is 0. The molecule has 1 aliphatic heterocycles. The second-order valence-electron chi connectivity index (χ2n) is 3.67. The molecule has 0 atom stereocenters. The van der Waals surface area contributed by atoms with E-state index in [0.717, 1.165) is 23.1 Å². The van der Waals surface area contributed by atoms with Crippen LogP contribution < -0.4 is 10.6 Å². The SMILES string of the molecule is NC1=C(C(=O)O)CC(=O)N1c1ccc(F)c(F)c1. The number of carbonyl (C=O) groups is 2. The van der Waals surface area contributed by atoms with E-state index in [1.165, 1.54) is 0 Å². The lowest BCUT2D eigenvalue weighted by Gasteiger charge is -2.17. The Morgan fingerprint density at radius 2 is 2.00 bits per heavy atom. The molecule has 1 aromatic carbocycles. The number of hydrogen-bond acceptors (Lipinski definition) is 3. The molecule has 0 saturated carbocycles. The molecule has 0 radical (unpaired) electrons. The molecule has 1 aromatic rings. The minimum atomic E-state index is -1.31. The molecule has 1 amide bonds. The van der Waals surface area contributed by atoms with Crippen molar-refractivity contribution in [2.75, 3.05) is 4.90 Å². The molecule has 0 saturated heterocycles. The third-order valence-electron chi connectivity index (χ3n) is 2.55. The molecule has 0 aliphatic carbocycles. The van der Waals surface area contributed by atoms with Crippen LogP contribution in [0.4, 0.5) is 14.5 Å². The number of halogens is 2. The van der Waals surface area contributed by atoms with Crippen molar-refractivity contribution in [3.05, 3.63) is 41.2 Å². The zero-order valence-corrected chi connectivity index (χ0v) is 8.98. The second kappa shape index (κ2) is 4.10. The highest BCUT2D eigenvalue weighted by atomic mass is 19.2. The number of carbonyl (C=O) groups excluding carboxylic acids is 1. The van der Waals surface area contributed by atoms with Gasteiger partial charge < -0.3 is 10.8 Å². The summed E-state index contributed by atoms with van der Waals surface area (Å²) in [6.45, 7) is 0. The van der Waals surface area contributed by atoms with Crippen molar-refractivity contribution in [2.24, 2.45) is 5.73 Å². The van der Waals surface area contributed by atoms with E-state index in [0.29, 0.717) is 0 Å². The maximum atomic E-state index is 13.1. The molecule has 0 fully saturated rings. The third kappa shape index (κ3) is 1.79. The Morgan fingerprint density at radius 3 is 2.50 bits per heavy atom. The first-order valence-corrected chi connectivity index (χ1v) is 4.91. The van der Waals surface area contributed by atoms with E-state index in [4.69, 9.17) is 10.8 Å². The van der Waals surface area contributed by atoms with Crippen molar-refractivity contribution in [1.29, 1.82) is 0 Å². The van der Waals surface area contributed by atoms with Gasteiger partial charge in [0.05, 0.1) is 17.7 Å². The van der Waals surface area contributed by atoms with E-state index in [1.54, 1.807) is 0 Å². The summed E-state index contributed by atoms with van der Waals surface area (Å²) in [6.07, 6.45) is -0.375. The first kappa shape index (κ1) is 12.0. The molecule has 1 aliphatic rings. The van der Waals surface area contributed by atoms with Gasteiger partial charge in [-0.05, 0) is 12.1 Å². The zero-order valence-electron chi connectivity index (χ0n) is 8.98. The highest BCUT2D eigenvalue weighted by Crippen LogP contribution is 2.28. The molecule has 18 heavy (non-hydrogen) atoms. The molecule has 94 valence electrons. The van der Waals surface area contributed by atoms with Crippen molar-refractivity contribution < 1.29 is 23.5 Å². The van der Waals surface area contributed by atoms with E-state index in [1.807, 2.05) is 0 Å². The van der Waals surface area contributed by atoms with Gasteiger partial charge in [0.15, 0.2) is 11.6 Å². The van der Waals surface area contributed by atoms with Crippen LogP contribution in [0.15, 0.2) is 29.6 Å². The maximum Gasteiger partial charge on any atom is 0.335 e. The molecular formula is C11H8F2N2O3. The van der Waals surface area contributed by atoms with Gasteiger partial charge in [-0.2, -0.15) is 0 Å². The monoisotopic (exact) mass is 254 g/mol. The molecule has 7 heteroatoms. The highest BCUT2D eigenvalue weighted by molar-refractivity contribution is 6.08. The normalized spacial score (nSPS) is 15.4. The quantitative estimate of drug-likeness (QED) is 0.823. The summed E-state index contributed by atoms with van der Waals surface area (Å²) >= 11 is 0. The van der Waals surface area contributed by atoms with Crippen molar-refractivity contribution in [1.82, 2.24) is 0 Å². The van der Waals surface area contributed by atoms with Crippen LogP contribution in [0.2, 0.25) is 0 Å². The average Bonchev–Trinajstić information content (AvgIpc) is 2.59. The summed E-state index contributed by atoms with van der Waals surface area (Å²) in [4.78, 5) is 23.3. The van der Waals surface area contributed by atoms with Gasteiger partial charge in [-0.15, -0.1) is 0 Å². The standard InChI is InChI=1S/C11H8F2N2O3/c12-7-2-1-5(3-8(7)13)15-9(16)4-6(10(15)14)11(17)18/h1-3H,4,14H2,(H,17,18). The molecule has 0 aromatic heterocycles. The van der Waals surface area contributed by atoms with Gasteiger partial charge in [-0.25, -0.2) is 13.6 Å². The maximum absolute atomic E-state index is 13.1. The Morgan fingerprint density at radius 1 is 1.33 bits per heavy atom. The molecule has 0 bridgehead atoms. The Balaban J connectivity index is 2.47. The van der Waals surface area contributed by atoms with Crippen LogP contribution in [0.1, 0.15) is 6.42 Å². The predicted octanol–water partition coefficient (Wildman–Crippen LogP) is 0.956. The van der Waals surface area contributed by atoms with Crippen LogP contribution in [0.5, 0.6) is 0 Å². The molecular weight excluding hydrogens is 246 g/mol. The lowest BCUT2D eigenvalue weighted by molar-refractivity contribution is -0.133. The number of nitrogens with two attached hydrogens (primary N) is 1. The number of rotatable bonds is 2. The fraction of sp³-hybridized carbons (Fsp3) is 0.0909. The number of nitrogens with zero attached hydrogens (tertiary/aromatic N) is 1. The van der Waals surface area contributed by atoms with Crippen LogP contribution in [0, 0.1) is 11.6 Å². The van der Waals surface area contributed by atoms with Crippen LogP contribution in [-0.2, 0) is 9.59 Å². The molecule has 3 N–H and O–H groups in total. The van der Waals surface area contributed by atoms with Gasteiger partial charge in [0.2, 0.25) is 5.91 Å². The Hall–Kier alpha value is -2.44. The first-order valence-electron chi connectivity index (χ1n) is 4.91. The van der Waals surface area contributed by atoms with Gasteiger partial charge in [0, 0.05) is 6.07 Å². The number of anilines is 1. The van der Waals surface area contributed by atoms with E-state index in [2.05, 4.69) is 0 Å². The third-order valence-corrected chi connectivity index (χ3v) is 2.55. The number of hydrogen-bond donors (Lipinski definition) is 2. The Kier molecular flexibility index (Phi) is 2.74. The largest absolute Gasteiger partial charge is 0.478 e. The smallest absolute Gasteiger partial charge is 0.335 e. The molecule has 1 heterocycles. The number of benzene rings is 1. The summed E-state index contributed by atoms with van der Waals surface area (Å²) < 4.78 is 25.8. The topological polar surface area (TPSA) is 83.6 Å². The zero-order chi connectivity index (χ0) is 13.4. The predicted molar refractivity (Wildman–Crippen MR) is 57.3 cm³/mol. The minimum Gasteiger partial charge on any atom is -0.478 e. The van der Waals surface area contributed by atoms with Crippen molar-refractivity contribution >= 4 is 17.6 Å². The van der Waals surface area contributed by atoms with Gasteiger partial charge in [0.25, 0.3) is 0 Å². The fourth-order valence-electron chi connectivity index (χ4n) is 1.68. The number of aliphatic carboxylic acids is 1. The summed E-state index contributed by atoms with van der Waals surface area (Å²) in [5.41, 5.74) is 5.26. The molecule has 5 nitrogen and oxygen atoms in total. The van der Waals surface area contributed by atoms with E-state index in [9.17, 15) is 18.4 Å². The van der Waals surface area contributed by atoms with Crippen LogP contribution in [0.3, 0.4) is 0 Å². The van der Waals surface area contributed by atoms with E-state index < -0.39 is 23.5 Å². The van der Waals surface area contributed by atoms with Gasteiger partial charge in [-0.3, -0.25) is 9.69 Å². The second-order valence-corrected chi connectivity index (χ2v) is 3.67. The minimum absolute atomic E-state index is 0.00681. The summed E-state index contributed by atoms with van der Waals surface area (Å²) in [5.74, 6) is -4.40. The van der Waals surface area contributed by atoms with E-state index >= 15 is 0 Å². The lowest BCUT2D eigenvalue weighted by atomic mass is 10.2. The van der Waals surface area contributed by atoms with Gasteiger partial charge >= 0.3 is 5.97 Å². The van der Waals surface area contributed by atoms with Crippen molar-refractivity contribution in [3.8, 4) is 0 Å². The first-order chi connectivity index (χ1) is 8.41. The number of amides is 1. The van der Waals surface area contributed by atoms with Crippen LogP contribution >= 0.6 is 0 Å².